The van der Waals surface area contributed by atoms with Gasteiger partial charge in [-0.3, -0.25) is 0 Å². The molecular weight excluding hydrogens is 278 g/mol. The maximum atomic E-state index is 10.5. The van der Waals surface area contributed by atoms with E-state index in [2.05, 4.69) is 12.1 Å². The van der Waals surface area contributed by atoms with E-state index >= 15 is 0 Å². The lowest BCUT2D eigenvalue weighted by Crippen LogP contribution is -2.32. The average molecular weight is 299 g/mol. The van der Waals surface area contributed by atoms with Crippen LogP contribution in [0.15, 0.2) is 42.5 Å². The van der Waals surface area contributed by atoms with Crippen LogP contribution in [-0.4, -0.2) is 41.1 Å². The van der Waals surface area contributed by atoms with Crippen molar-refractivity contribution in [3.63, 3.8) is 0 Å². The molecule has 3 rings (SSSR count). The van der Waals surface area contributed by atoms with Gasteiger partial charge in [-0.1, -0.05) is 36.4 Å². The number of β-amino-alcohol motifs (C(OH)–C–C–N with tert-alkyl or cyclic N) is 1. The van der Waals surface area contributed by atoms with E-state index in [4.69, 9.17) is 5.11 Å². The van der Waals surface area contributed by atoms with Crippen molar-refractivity contribution in [3.05, 3.63) is 59.2 Å². The van der Waals surface area contributed by atoms with Gasteiger partial charge in [0.25, 0.3) is 0 Å². The zero-order valence-corrected chi connectivity index (χ0v) is 12.4. The Hall–Kier alpha value is -2.04. The molecule has 1 unspecified atom stereocenters. The molecule has 0 amide bonds. The summed E-state index contributed by atoms with van der Waals surface area (Å²) in [6.07, 6.45) is 0.721. The maximum Gasteiger partial charge on any atom is 0.124 e. The third-order valence-electron chi connectivity index (χ3n) is 4.19. The molecule has 0 spiro atoms. The number of benzene rings is 2. The normalized spacial score (nSPS) is 14.9. The van der Waals surface area contributed by atoms with Gasteiger partial charge in [-0.25, -0.2) is 0 Å². The SMILES string of the molecule is OCC(O)CN1CCc2c1ccc(Cc1ccccc1)c2O. The van der Waals surface area contributed by atoms with Crippen LogP contribution < -0.4 is 4.90 Å². The number of rotatable bonds is 5. The van der Waals surface area contributed by atoms with Gasteiger partial charge in [0.15, 0.2) is 0 Å². The number of aliphatic hydroxyl groups is 2. The highest BCUT2D eigenvalue weighted by Gasteiger charge is 2.25. The van der Waals surface area contributed by atoms with Crippen LogP contribution in [0.4, 0.5) is 5.69 Å². The molecule has 116 valence electrons. The predicted molar refractivity (Wildman–Crippen MR) is 86.4 cm³/mol. The number of hydrogen-bond donors (Lipinski definition) is 3. The Morgan fingerprint density at radius 2 is 1.86 bits per heavy atom. The Morgan fingerprint density at radius 1 is 1.09 bits per heavy atom. The largest absolute Gasteiger partial charge is 0.507 e. The smallest absolute Gasteiger partial charge is 0.124 e. The summed E-state index contributed by atoms with van der Waals surface area (Å²) in [5.74, 6) is 0.363. The van der Waals surface area contributed by atoms with Gasteiger partial charge in [-0.05, 0) is 23.6 Å². The minimum atomic E-state index is -0.753. The first-order chi connectivity index (χ1) is 10.7. The second kappa shape index (κ2) is 6.38. The van der Waals surface area contributed by atoms with Gasteiger partial charge in [0.2, 0.25) is 0 Å². The fourth-order valence-electron chi connectivity index (χ4n) is 3.04. The van der Waals surface area contributed by atoms with Gasteiger partial charge < -0.3 is 20.2 Å². The molecule has 2 aromatic rings. The van der Waals surface area contributed by atoms with E-state index in [9.17, 15) is 10.2 Å². The number of anilines is 1. The van der Waals surface area contributed by atoms with Gasteiger partial charge in [-0.15, -0.1) is 0 Å². The van der Waals surface area contributed by atoms with Crippen molar-refractivity contribution in [1.29, 1.82) is 0 Å². The third-order valence-corrected chi connectivity index (χ3v) is 4.19. The summed E-state index contributed by atoms with van der Waals surface area (Å²) < 4.78 is 0. The maximum absolute atomic E-state index is 10.5. The predicted octanol–water partition coefficient (Wildman–Crippen LogP) is 1.70. The van der Waals surface area contributed by atoms with E-state index < -0.39 is 6.10 Å². The van der Waals surface area contributed by atoms with Crippen molar-refractivity contribution in [1.82, 2.24) is 0 Å². The Morgan fingerprint density at radius 3 is 2.59 bits per heavy atom. The van der Waals surface area contributed by atoms with Crippen molar-refractivity contribution < 1.29 is 15.3 Å². The summed E-state index contributed by atoms with van der Waals surface area (Å²) in [6.45, 7) is 0.902. The molecular formula is C18H21NO3. The molecule has 22 heavy (non-hydrogen) atoms. The van der Waals surface area contributed by atoms with E-state index in [-0.39, 0.29) is 6.61 Å². The number of aliphatic hydroxyl groups excluding tert-OH is 2. The molecule has 0 radical (unpaired) electrons. The first-order valence-electron chi connectivity index (χ1n) is 7.60. The summed E-state index contributed by atoms with van der Waals surface area (Å²) in [5, 5.41) is 29.1. The van der Waals surface area contributed by atoms with Gasteiger partial charge in [0.1, 0.15) is 5.75 Å². The molecule has 0 aliphatic carbocycles. The summed E-state index contributed by atoms with van der Waals surface area (Å²) >= 11 is 0. The van der Waals surface area contributed by atoms with Gasteiger partial charge in [-0.2, -0.15) is 0 Å². The van der Waals surface area contributed by atoms with E-state index in [0.717, 1.165) is 29.8 Å². The summed E-state index contributed by atoms with van der Waals surface area (Å²) in [5.41, 5.74) is 4.00. The van der Waals surface area contributed by atoms with Crippen LogP contribution in [0.2, 0.25) is 0 Å². The van der Waals surface area contributed by atoms with Crippen LogP contribution >= 0.6 is 0 Å². The molecule has 1 aliphatic rings. The Kier molecular flexibility index (Phi) is 4.32. The second-order valence-electron chi connectivity index (χ2n) is 5.77. The summed E-state index contributed by atoms with van der Waals surface area (Å²) in [4.78, 5) is 2.02. The Bertz CT molecular complexity index is 642. The molecule has 1 atom stereocenters. The van der Waals surface area contributed by atoms with Crippen LogP contribution in [0, 0.1) is 0 Å². The average Bonchev–Trinajstić information content (AvgIpc) is 2.94. The quantitative estimate of drug-likeness (QED) is 0.786. The molecule has 0 saturated heterocycles. The molecule has 2 aromatic carbocycles. The van der Waals surface area contributed by atoms with E-state index in [0.29, 0.717) is 18.7 Å². The highest BCUT2D eigenvalue weighted by Crippen LogP contribution is 2.37. The van der Waals surface area contributed by atoms with E-state index in [1.165, 1.54) is 5.56 Å². The lowest BCUT2D eigenvalue weighted by Gasteiger charge is -2.22. The van der Waals surface area contributed by atoms with Crippen molar-refractivity contribution >= 4 is 5.69 Å². The molecule has 0 saturated carbocycles. The Labute approximate surface area is 130 Å². The Balaban J connectivity index is 1.83. The van der Waals surface area contributed by atoms with E-state index in [1.807, 2.05) is 35.2 Å². The fraction of sp³-hybridized carbons (Fsp3) is 0.333. The number of phenolic OH excluding ortho intramolecular Hbond substituents is 1. The fourth-order valence-corrected chi connectivity index (χ4v) is 3.04. The summed E-state index contributed by atoms with van der Waals surface area (Å²) in [6, 6.07) is 14.0. The van der Waals surface area contributed by atoms with Crippen LogP contribution in [0.5, 0.6) is 5.75 Å². The number of nitrogens with zero attached hydrogens (tertiary/aromatic N) is 1. The van der Waals surface area contributed by atoms with E-state index in [1.54, 1.807) is 0 Å². The minimum Gasteiger partial charge on any atom is -0.507 e. The van der Waals surface area contributed by atoms with Gasteiger partial charge in [0.05, 0.1) is 12.7 Å². The number of hydrogen-bond acceptors (Lipinski definition) is 4. The first kappa shape index (κ1) is 14.9. The molecule has 0 fully saturated rings. The first-order valence-corrected chi connectivity index (χ1v) is 7.60. The minimum absolute atomic E-state index is 0.246. The molecule has 4 heteroatoms. The van der Waals surface area contributed by atoms with Crippen LogP contribution in [0.1, 0.15) is 16.7 Å². The zero-order chi connectivity index (χ0) is 15.5. The molecule has 0 bridgehead atoms. The molecule has 0 aromatic heterocycles. The second-order valence-corrected chi connectivity index (χ2v) is 5.77. The van der Waals surface area contributed by atoms with Crippen LogP contribution in [0.3, 0.4) is 0 Å². The highest BCUT2D eigenvalue weighted by molar-refractivity contribution is 5.65. The van der Waals surface area contributed by atoms with Crippen molar-refractivity contribution in [2.45, 2.75) is 18.9 Å². The number of fused-ring (bicyclic) bond motifs is 1. The molecule has 3 N–H and O–H groups in total. The highest BCUT2D eigenvalue weighted by atomic mass is 16.3. The van der Waals surface area contributed by atoms with Crippen LogP contribution in [-0.2, 0) is 12.8 Å². The topological polar surface area (TPSA) is 63.9 Å². The molecule has 4 nitrogen and oxygen atoms in total. The van der Waals surface area contributed by atoms with Gasteiger partial charge in [0, 0.05) is 30.8 Å². The van der Waals surface area contributed by atoms with Crippen LogP contribution in [0.25, 0.3) is 0 Å². The monoisotopic (exact) mass is 299 g/mol. The zero-order valence-electron chi connectivity index (χ0n) is 12.4. The van der Waals surface area contributed by atoms with Crippen molar-refractivity contribution in [3.8, 4) is 5.75 Å². The van der Waals surface area contributed by atoms with Crippen molar-refractivity contribution in [2.75, 3.05) is 24.6 Å². The van der Waals surface area contributed by atoms with Crippen molar-refractivity contribution in [2.24, 2.45) is 0 Å². The molecule has 1 heterocycles. The summed E-state index contributed by atoms with van der Waals surface area (Å²) in [7, 11) is 0. The molecule has 1 aliphatic heterocycles. The number of phenols is 1. The number of aromatic hydroxyl groups is 1. The standard InChI is InChI=1S/C18H21NO3/c20-12-15(21)11-19-9-8-16-17(19)7-6-14(18(16)22)10-13-4-2-1-3-5-13/h1-7,15,20-22H,8-12H2. The lowest BCUT2D eigenvalue weighted by atomic mass is 10.00. The lowest BCUT2D eigenvalue weighted by molar-refractivity contribution is 0.100. The third kappa shape index (κ3) is 2.93. The van der Waals surface area contributed by atoms with Gasteiger partial charge >= 0.3 is 0 Å².